The summed E-state index contributed by atoms with van der Waals surface area (Å²) in [4.78, 5) is 34.4. The van der Waals surface area contributed by atoms with E-state index >= 15 is 0 Å². The molecular weight excluding hydrogens is 320 g/mol. The fraction of sp³-hybridized carbons (Fsp3) is 0.333. The van der Waals surface area contributed by atoms with Crippen LogP contribution in [0, 0.1) is 6.92 Å². The molecule has 1 aliphatic heterocycles. The largest absolute Gasteiger partial charge is 0.378 e. The van der Waals surface area contributed by atoms with E-state index in [1.165, 1.54) is 6.92 Å². The molecule has 1 aliphatic rings. The first-order valence-electron chi connectivity index (χ1n) is 8.13. The van der Waals surface area contributed by atoms with E-state index in [1.54, 1.807) is 36.1 Å². The number of aromatic nitrogens is 2. The van der Waals surface area contributed by atoms with E-state index in [1.807, 2.05) is 6.07 Å². The summed E-state index contributed by atoms with van der Waals surface area (Å²) in [6.07, 6.45) is 0. The molecule has 1 amide bonds. The summed E-state index contributed by atoms with van der Waals surface area (Å²) in [5, 5.41) is 3.14. The molecule has 1 fully saturated rings. The van der Waals surface area contributed by atoms with Gasteiger partial charge in [-0.05, 0) is 26.0 Å². The van der Waals surface area contributed by atoms with Gasteiger partial charge in [0.15, 0.2) is 5.78 Å². The molecular formula is C18H20N4O3. The lowest BCUT2D eigenvalue weighted by atomic mass is 10.1. The highest BCUT2D eigenvalue weighted by molar-refractivity contribution is 5.95. The van der Waals surface area contributed by atoms with Crippen LogP contribution in [0.1, 0.15) is 33.6 Å². The van der Waals surface area contributed by atoms with Gasteiger partial charge in [0.2, 0.25) is 0 Å². The van der Waals surface area contributed by atoms with Crippen LogP contribution in [0.25, 0.3) is 0 Å². The predicted octanol–water partition coefficient (Wildman–Crippen LogP) is 2.20. The molecule has 0 atom stereocenters. The Morgan fingerprint density at radius 3 is 2.64 bits per heavy atom. The first-order chi connectivity index (χ1) is 12.0. The summed E-state index contributed by atoms with van der Waals surface area (Å²) >= 11 is 0. The fourth-order valence-electron chi connectivity index (χ4n) is 2.63. The molecule has 1 aromatic heterocycles. The third kappa shape index (κ3) is 4.19. The first kappa shape index (κ1) is 17.0. The van der Waals surface area contributed by atoms with Crippen LogP contribution in [0.15, 0.2) is 30.3 Å². The molecule has 1 N–H and O–H groups in total. The highest BCUT2D eigenvalue weighted by Gasteiger charge is 2.20. The van der Waals surface area contributed by atoms with Crippen molar-refractivity contribution in [3.05, 3.63) is 47.4 Å². The van der Waals surface area contributed by atoms with Crippen LogP contribution >= 0.6 is 0 Å². The summed E-state index contributed by atoms with van der Waals surface area (Å²) in [5.74, 6) is 0.884. The van der Waals surface area contributed by atoms with Gasteiger partial charge in [-0.15, -0.1) is 0 Å². The maximum Gasteiger partial charge on any atom is 0.272 e. The summed E-state index contributed by atoms with van der Waals surface area (Å²) < 4.78 is 5.28. The molecule has 3 rings (SSSR count). The van der Waals surface area contributed by atoms with Crippen LogP contribution in [0.5, 0.6) is 0 Å². The molecule has 7 heteroatoms. The maximum absolute atomic E-state index is 12.6. The molecule has 2 heterocycles. The van der Waals surface area contributed by atoms with E-state index in [4.69, 9.17) is 4.74 Å². The lowest BCUT2D eigenvalue weighted by Crippen LogP contribution is -2.41. The Morgan fingerprint density at radius 2 is 1.92 bits per heavy atom. The highest BCUT2D eigenvalue weighted by atomic mass is 16.5. The molecule has 130 valence electrons. The average molecular weight is 340 g/mol. The van der Waals surface area contributed by atoms with E-state index in [0.29, 0.717) is 49.2 Å². The number of nitrogens with one attached hydrogen (secondary N) is 1. The van der Waals surface area contributed by atoms with Crippen molar-refractivity contribution in [2.24, 2.45) is 0 Å². The number of anilines is 2. The van der Waals surface area contributed by atoms with E-state index < -0.39 is 0 Å². The number of hydrogen-bond donors (Lipinski definition) is 1. The van der Waals surface area contributed by atoms with Gasteiger partial charge in [-0.3, -0.25) is 9.59 Å². The Labute approximate surface area is 146 Å². The number of ketones is 1. The minimum atomic E-state index is -0.130. The topological polar surface area (TPSA) is 84.4 Å². The third-order valence-electron chi connectivity index (χ3n) is 3.90. The molecule has 2 aromatic rings. The maximum atomic E-state index is 12.6. The Hall–Kier alpha value is -2.80. The summed E-state index contributed by atoms with van der Waals surface area (Å²) in [7, 11) is 0. The molecule has 0 saturated carbocycles. The van der Waals surface area contributed by atoms with Gasteiger partial charge in [-0.2, -0.15) is 0 Å². The zero-order chi connectivity index (χ0) is 17.8. The number of carbonyl (C=O) groups excluding carboxylic acids is 2. The average Bonchev–Trinajstić information content (AvgIpc) is 2.61. The molecule has 0 unspecified atom stereocenters. The fourth-order valence-corrected chi connectivity index (χ4v) is 2.63. The standard InChI is InChI=1S/C18H20N4O3/c1-12(23)14-4-3-5-15(10-14)21-17-11-16(19-13(2)20-17)18(24)22-6-8-25-9-7-22/h3-5,10-11H,6-9H2,1-2H3,(H,19,20,21). The number of rotatable bonds is 4. The molecule has 1 aromatic carbocycles. The highest BCUT2D eigenvalue weighted by Crippen LogP contribution is 2.18. The lowest BCUT2D eigenvalue weighted by molar-refractivity contribution is 0.0299. The number of aryl methyl sites for hydroxylation is 1. The van der Waals surface area contributed by atoms with Crippen molar-refractivity contribution in [3.8, 4) is 0 Å². The van der Waals surface area contributed by atoms with E-state index in [9.17, 15) is 9.59 Å². The smallest absolute Gasteiger partial charge is 0.272 e. The number of ether oxygens (including phenoxy) is 1. The number of morpholine rings is 1. The summed E-state index contributed by atoms with van der Waals surface area (Å²) in [6.45, 7) is 5.47. The van der Waals surface area contributed by atoms with Crippen LogP contribution in [0.4, 0.5) is 11.5 Å². The zero-order valence-corrected chi connectivity index (χ0v) is 14.3. The quantitative estimate of drug-likeness (QED) is 0.859. The van der Waals surface area contributed by atoms with Crippen molar-refractivity contribution >= 4 is 23.2 Å². The van der Waals surface area contributed by atoms with Crippen LogP contribution < -0.4 is 5.32 Å². The molecule has 25 heavy (non-hydrogen) atoms. The zero-order valence-electron chi connectivity index (χ0n) is 14.3. The van der Waals surface area contributed by atoms with Gasteiger partial charge in [-0.25, -0.2) is 9.97 Å². The van der Waals surface area contributed by atoms with Crippen LogP contribution in [-0.4, -0.2) is 52.9 Å². The minimum absolute atomic E-state index is 0.00861. The van der Waals surface area contributed by atoms with Gasteiger partial charge in [-0.1, -0.05) is 12.1 Å². The Balaban J connectivity index is 1.83. The Bertz CT molecular complexity index is 801. The predicted molar refractivity (Wildman–Crippen MR) is 93.2 cm³/mol. The second-order valence-corrected chi connectivity index (χ2v) is 5.85. The number of Topliss-reactive ketones (excluding diaryl/α,β-unsaturated/α-hetero) is 1. The van der Waals surface area contributed by atoms with Gasteiger partial charge in [0, 0.05) is 30.4 Å². The number of carbonyl (C=O) groups is 2. The molecule has 0 bridgehead atoms. The minimum Gasteiger partial charge on any atom is -0.378 e. The van der Waals surface area contributed by atoms with Crippen molar-refractivity contribution in [1.82, 2.24) is 14.9 Å². The molecule has 0 spiro atoms. The normalized spacial score (nSPS) is 14.2. The van der Waals surface area contributed by atoms with Crippen LogP contribution in [0.3, 0.4) is 0 Å². The van der Waals surface area contributed by atoms with Gasteiger partial charge < -0.3 is 15.0 Å². The van der Waals surface area contributed by atoms with Crippen molar-refractivity contribution in [1.29, 1.82) is 0 Å². The van der Waals surface area contributed by atoms with Gasteiger partial charge in [0.1, 0.15) is 17.3 Å². The molecule has 7 nitrogen and oxygen atoms in total. The van der Waals surface area contributed by atoms with Crippen LogP contribution in [-0.2, 0) is 4.74 Å². The van der Waals surface area contributed by atoms with E-state index in [2.05, 4.69) is 15.3 Å². The number of nitrogens with zero attached hydrogens (tertiary/aromatic N) is 3. The molecule has 0 radical (unpaired) electrons. The Kier molecular flexibility index (Phi) is 5.04. The Morgan fingerprint density at radius 1 is 1.16 bits per heavy atom. The number of benzene rings is 1. The van der Waals surface area contributed by atoms with Crippen molar-refractivity contribution < 1.29 is 14.3 Å². The lowest BCUT2D eigenvalue weighted by Gasteiger charge is -2.26. The number of hydrogen-bond acceptors (Lipinski definition) is 6. The van der Waals surface area contributed by atoms with E-state index in [0.717, 1.165) is 5.69 Å². The number of amides is 1. The SMILES string of the molecule is CC(=O)c1cccc(Nc2cc(C(=O)N3CCOCC3)nc(C)n2)c1. The van der Waals surface area contributed by atoms with Crippen LogP contribution in [0.2, 0.25) is 0 Å². The van der Waals surface area contributed by atoms with Gasteiger partial charge in [0.05, 0.1) is 13.2 Å². The van der Waals surface area contributed by atoms with E-state index in [-0.39, 0.29) is 11.7 Å². The first-order valence-corrected chi connectivity index (χ1v) is 8.13. The molecule has 1 saturated heterocycles. The second kappa shape index (κ2) is 7.40. The summed E-state index contributed by atoms with van der Waals surface area (Å²) in [6, 6.07) is 8.78. The monoisotopic (exact) mass is 340 g/mol. The van der Waals surface area contributed by atoms with Crippen molar-refractivity contribution in [3.63, 3.8) is 0 Å². The van der Waals surface area contributed by atoms with Gasteiger partial charge in [0.25, 0.3) is 5.91 Å². The third-order valence-corrected chi connectivity index (χ3v) is 3.90. The van der Waals surface area contributed by atoms with Crippen molar-refractivity contribution in [2.75, 3.05) is 31.6 Å². The molecule has 0 aliphatic carbocycles. The second-order valence-electron chi connectivity index (χ2n) is 5.85. The van der Waals surface area contributed by atoms with Gasteiger partial charge >= 0.3 is 0 Å². The van der Waals surface area contributed by atoms with Crippen molar-refractivity contribution in [2.45, 2.75) is 13.8 Å². The summed E-state index contributed by atoms with van der Waals surface area (Å²) in [5.41, 5.74) is 1.69.